The molecule has 0 radical (unpaired) electrons. The number of aryl methyl sites for hydroxylation is 1. The minimum atomic E-state index is -0.0918. The SMILES string of the molecule is CCC(CC)CN1C(=O)[C@H]2CN(C)CCN2c2ncc(C)cc21. The number of hydrogen-bond acceptors (Lipinski definition) is 4. The normalized spacial score (nSPS) is 21.6. The van der Waals surface area contributed by atoms with E-state index in [9.17, 15) is 4.79 Å². The number of fused-ring (bicyclic) bond motifs is 3. The van der Waals surface area contributed by atoms with Gasteiger partial charge in [-0.25, -0.2) is 4.98 Å². The van der Waals surface area contributed by atoms with Crippen molar-refractivity contribution < 1.29 is 4.79 Å². The average molecular weight is 316 g/mol. The molecule has 0 unspecified atom stereocenters. The van der Waals surface area contributed by atoms with E-state index < -0.39 is 0 Å². The van der Waals surface area contributed by atoms with Gasteiger partial charge in [0, 0.05) is 32.4 Å². The zero-order valence-corrected chi connectivity index (χ0v) is 14.7. The first-order valence-electron chi connectivity index (χ1n) is 8.78. The molecule has 1 fully saturated rings. The lowest BCUT2D eigenvalue weighted by molar-refractivity contribution is -0.121. The van der Waals surface area contributed by atoms with Gasteiger partial charge in [0.2, 0.25) is 0 Å². The van der Waals surface area contributed by atoms with E-state index in [1.165, 1.54) is 0 Å². The van der Waals surface area contributed by atoms with Crippen LogP contribution in [-0.4, -0.2) is 55.1 Å². The van der Waals surface area contributed by atoms with Crippen LogP contribution in [0.25, 0.3) is 0 Å². The second-order valence-electron chi connectivity index (χ2n) is 6.96. The molecule has 1 atom stereocenters. The summed E-state index contributed by atoms with van der Waals surface area (Å²) in [7, 11) is 2.09. The first-order valence-corrected chi connectivity index (χ1v) is 8.78. The number of nitrogens with zero attached hydrogens (tertiary/aromatic N) is 4. The Morgan fingerprint density at radius 2 is 2.04 bits per heavy atom. The van der Waals surface area contributed by atoms with Gasteiger partial charge in [0.1, 0.15) is 6.04 Å². The highest BCUT2D eigenvalue weighted by Gasteiger charge is 2.41. The Balaban J connectivity index is 2.01. The zero-order chi connectivity index (χ0) is 16.6. The first-order chi connectivity index (χ1) is 11.0. The van der Waals surface area contributed by atoms with Crippen LogP contribution in [0.3, 0.4) is 0 Å². The third-order valence-corrected chi connectivity index (χ3v) is 5.28. The Morgan fingerprint density at radius 1 is 1.30 bits per heavy atom. The van der Waals surface area contributed by atoms with E-state index in [1.807, 2.05) is 18.0 Å². The summed E-state index contributed by atoms with van der Waals surface area (Å²) >= 11 is 0. The Hall–Kier alpha value is -1.62. The molecule has 1 saturated heterocycles. The van der Waals surface area contributed by atoms with Crippen molar-refractivity contribution in [3.63, 3.8) is 0 Å². The highest BCUT2D eigenvalue weighted by molar-refractivity contribution is 6.05. The van der Waals surface area contributed by atoms with E-state index in [4.69, 9.17) is 0 Å². The molecule has 3 heterocycles. The van der Waals surface area contributed by atoms with E-state index in [0.29, 0.717) is 5.92 Å². The highest BCUT2D eigenvalue weighted by atomic mass is 16.2. The van der Waals surface area contributed by atoms with E-state index in [-0.39, 0.29) is 11.9 Å². The van der Waals surface area contributed by atoms with Crippen LogP contribution < -0.4 is 9.80 Å². The molecule has 1 aromatic heterocycles. The standard InChI is InChI=1S/C18H28N4O/c1-5-14(6-2)11-22-15-9-13(3)10-19-17(15)21-8-7-20(4)12-16(21)18(22)23/h9-10,14,16H,5-8,11-12H2,1-4H3/t16-/m1/s1. The second kappa shape index (κ2) is 6.48. The molecule has 5 nitrogen and oxygen atoms in total. The summed E-state index contributed by atoms with van der Waals surface area (Å²) in [6.45, 7) is 9.89. The van der Waals surface area contributed by atoms with Crippen LogP contribution in [0.5, 0.6) is 0 Å². The second-order valence-corrected chi connectivity index (χ2v) is 6.96. The topological polar surface area (TPSA) is 39.7 Å². The first kappa shape index (κ1) is 16.2. The molecule has 2 aliphatic heterocycles. The number of carbonyl (C=O) groups is 1. The zero-order valence-electron chi connectivity index (χ0n) is 14.7. The molecule has 0 saturated carbocycles. The van der Waals surface area contributed by atoms with Crippen molar-refractivity contribution in [2.45, 2.75) is 39.7 Å². The molecule has 0 aliphatic carbocycles. The minimum Gasteiger partial charge on any atom is -0.340 e. The van der Waals surface area contributed by atoms with E-state index >= 15 is 0 Å². The maximum absolute atomic E-state index is 13.2. The number of likely N-dealkylation sites (N-methyl/N-ethyl adjacent to an activating group) is 1. The van der Waals surface area contributed by atoms with Gasteiger partial charge in [0.15, 0.2) is 5.82 Å². The Bertz CT molecular complexity index is 584. The number of anilines is 2. The lowest BCUT2D eigenvalue weighted by Crippen LogP contribution is -2.62. The third-order valence-electron chi connectivity index (χ3n) is 5.28. The smallest absolute Gasteiger partial charge is 0.251 e. The molecule has 3 rings (SSSR count). The number of rotatable bonds is 4. The van der Waals surface area contributed by atoms with Crippen LogP contribution in [0.4, 0.5) is 11.5 Å². The van der Waals surface area contributed by atoms with Crippen molar-refractivity contribution in [3.8, 4) is 0 Å². The van der Waals surface area contributed by atoms with Gasteiger partial charge < -0.3 is 14.7 Å². The largest absolute Gasteiger partial charge is 0.340 e. The van der Waals surface area contributed by atoms with Crippen LogP contribution in [-0.2, 0) is 4.79 Å². The summed E-state index contributed by atoms with van der Waals surface area (Å²) < 4.78 is 0. The molecule has 0 N–H and O–H groups in total. The summed E-state index contributed by atoms with van der Waals surface area (Å²) in [4.78, 5) is 24.3. The number of pyridine rings is 1. The lowest BCUT2D eigenvalue weighted by Gasteiger charge is -2.47. The number of piperazine rings is 1. The van der Waals surface area contributed by atoms with Gasteiger partial charge in [0.25, 0.3) is 5.91 Å². The summed E-state index contributed by atoms with van der Waals surface area (Å²) in [6.07, 6.45) is 4.12. The molecule has 2 aliphatic rings. The van der Waals surface area contributed by atoms with Crippen LogP contribution in [0.1, 0.15) is 32.3 Å². The van der Waals surface area contributed by atoms with E-state index in [1.54, 1.807) is 0 Å². The maximum atomic E-state index is 13.2. The summed E-state index contributed by atoms with van der Waals surface area (Å²) in [5.74, 6) is 1.77. The number of aromatic nitrogens is 1. The number of carbonyl (C=O) groups excluding carboxylic acids is 1. The molecule has 23 heavy (non-hydrogen) atoms. The van der Waals surface area contributed by atoms with Crippen LogP contribution >= 0.6 is 0 Å². The van der Waals surface area contributed by atoms with E-state index in [0.717, 1.165) is 56.1 Å². The molecule has 1 amide bonds. The predicted molar refractivity (Wildman–Crippen MR) is 94.0 cm³/mol. The molecule has 0 bridgehead atoms. The monoisotopic (exact) mass is 316 g/mol. The van der Waals surface area contributed by atoms with Gasteiger partial charge in [0.05, 0.1) is 5.69 Å². The number of amides is 1. The van der Waals surface area contributed by atoms with Crippen molar-refractivity contribution in [1.82, 2.24) is 9.88 Å². The highest BCUT2D eigenvalue weighted by Crippen LogP contribution is 2.37. The molecular formula is C18H28N4O. The fourth-order valence-electron chi connectivity index (χ4n) is 3.64. The predicted octanol–water partition coefficient (Wildman–Crippen LogP) is 2.29. The fourth-order valence-corrected chi connectivity index (χ4v) is 3.64. The van der Waals surface area contributed by atoms with Crippen LogP contribution in [0.15, 0.2) is 12.3 Å². The van der Waals surface area contributed by atoms with Crippen LogP contribution in [0.2, 0.25) is 0 Å². The molecular weight excluding hydrogens is 288 g/mol. The van der Waals surface area contributed by atoms with Gasteiger partial charge in [-0.15, -0.1) is 0 Å². The molecule has 5 heteroatoms. The third kappa shape index (κ3) is 2.94. The molecule has 0 spiro atoms. The molecule has 126 valence electrons. The maximum Gasteiger partial charge on any atom is 0.251 e. The Morgan fingerprint density at radius 3 is 2.74 bits per heavy atom. The van der Waals surface area contributed by atoms with Gasteiger partial charge in [-0.1, -0.05) is 26.7 Å². The number of hydrogen-bond donors (Lipinski definition) is 0. The van der Waals surface area contributed by atoms with Crippen LogP contribution in [0, 0.1) is 12.8 Å². The minimum absolute atomic E-state index is 0.0918. The van der Waals surface area contributed by atoms with Crippen molar-refractivity contribution in [2.24, 2.45) is 5.92 Å². The van der Waals surface area contributed by atoms with Gasteiger partial charge in [-0.2, -0.15) is 0 Å². The molecule has 0 aromatic carbocycles. The van der Waals surface area contributed by atoms with Gasteiger partial charge in [-0.3, -0.25) is 4.79 Å². The Labute approximate surface area is 139 Å². The Kier molecular flexibility index (Phi) is 4.57. The van der Waals surface area contributed by atoms with Crippen molar-refractivity contribution in [2.75, 3.05) is 43.0 Å². The lowest BCUT2D eigenvalue weighted by atomic mass is 9.99. The van der Waals surface area contributed by atoms with Crippen molar-refractivity contribution in [3.05, 3.63) is 17.8 Å². The quantitative estimate of drug-likeness (QED) is 0.854. The average Bonchev–Trinajstić information content (AvgIpc) is 2.55. The van der Waals surface area contributed by atoms with E-state index in [2.05, 4.69) is 41.7 Å². The van der Waals surface area contributed by atoms with Crippen molar-refractivity contribution >= 4 is 17.4 Å². The van der Waals surface area contributed by atoms with Gasteiger partial charge >= 0.3 is 0 Å². The molecule has 1 aromatic rings. The van der Waals surface area contributed by atoms with Gasteiger partial charge in [-0.05, 0) is 31.5 Å². The summed E-state index contributed by atoms with van der Waals surface area (Å²) in [5, 5.41) is 0. The summed E-state index contributed by atoms with van der Waals surface area (Å²) in [5.41, 5.74) is 2.11. The summed E-state index contributed by atoms with van der Waals surface area (Å²) in [6, 6.07) is 2.03. The fraction of sp³-hybridized carbons (Fsp3) is 0.667. The van der Waals surface area contributed by atoms with Crippen molar-refractivity contribution in [1.29, 1.82) is 0 Å².